The predicted octanol–water partition coefficient (Wildman–Crippen LogP) is 0.635. The van der Waals surface area contributed by atoms with E-state index in [1.807, 2.05) is 16.8 Å². The van der Waals surface area contributed by atoms with E-state index < -0.39 is 6.10 Å². The molecule has 1 aromatic rings. The van der Waals surface area contributed by atoms with Crippen LogP contribution in [0.4, 0.5) is 0 Å². The monoisotopic (exact) mass is 252 g/mol. The van der Waals surface area contributed by atoms with Gasteiger partial charge in [0.1, 0.15) is 5.69 Å². The van der Waals surface area contributed by atoms with Crippen molar-refractivity contribution in [2.75, 3.05) is 20.3 Å². The fraction of sp³-hybridized carbons (Fsp3) is 0.615. The highest BCUT2D eigenvalue weighted by Crippen LogP contribution is 2.32. The molecule has 5 nitrogen and oxygen atoms in total. The van der Waals surface area contributed by atoms with Gasteiger partial charge in [-0.25, -0.2) is 0 Å². The van der Waals surface area contributed by atoms with Crippen LogP contribution < -0.4 is 5.32 Å². The van der Waals surface area contributed by atoms with E-state index in [1.165, 1.54) is 0 Å². The number of aliphatic hydroxyl groups excluding tert-OH is 1. The van der Waals surface area contributed by atoms with E-state index in [0.29, 0.717) is 31.3 Å². The molecule has 1 amide bonds. The number of nitrogens with one attached hydrogen (secondary N) is 1. The van der Waals surface area contributed by atoms with E-state index in [-0.39, 0.29) is 5.91 Å². The Morgan fingerprint density at radius 2 is 2.44 bits per heavy atom. The van der Waals surface area contributed by atoms with Crippen molar-refractivity contribution in [1.82, 2.24) is 9.88 Å². The van der Waals surface area contributed by atoms with Crippen molar-refractivity contribution in [3.63, 3.8) is 0 Å². The highest BCUT2D eigenvalue weighted by atomic mass is 16.5. The summed E-state index contributed by atoms with van der Waals surface area (Å²) in [4.78, 5) is 12.0. The second-order valence-electron chi connectivity index (χ2n) is 4.69. The first-order chi connectivity index (χ1) is 8.72. The molecule has 0 aromatic carbocycles. The van der Waals surface area contributed by atoms with Crippen molar-refractivity contribution < 1.29 is 14.6 Å². The van der Waals surface area contributed by atoms with Crippen molar-refractivity contribution in [3.05, 3.63) is 24.0 Å². The summed E-state index contributed by atoms with van der Waals surface area (Å²) in [5.41, 5.74) is 0.607. The second-order valence-corrected chi connectivity index (χ2v) is 4.69. The first-order valence-electron chi connectivity index (χ1n) is 6.32. The van der Waals surface area contributed by atoms with E-state index in [9.17, 15) is 9.90 Å². The Bertz CT molecular complexity index is 399. The maximum atomic E-state index is 12.0. The van der Waals surface area contributed by atoms with Crippen molar-refractivity contribution in [2.45, 2.75) is 25.5 Å². The number of hydrogen-bond donors (Lipinski definition) is 2. The van der Waals surface area contributed by atoms with E-state index in [2.05, 4.69) is 5.32 Å². The van der Waals surface area contributed by atoms with Gasteiger partial charge in [0.25, 0.3) is 5.91 Å². The Balaban J connectivity index is 1.85. The number of amides is 1. The zero-order valence-corrected chi connectivity index (χ0v) is 10.6. The van der Waals surface area contributed by atoms with Gasteiger partial charge in [-0.15, -0.1) is 0 Å². The molecule has 2 rings (SSSR count). The van der Waals surface area contributed by atoms with Crippen molar-refractivity contribution in [1.29, 1.82) is 0 Å². The minimum Gasteiger partial charge on any atom is -0.391 e. The Hall–Kier alpha value is -1.33. The minimum absolute atomic E-state index is 0.143. The van der Waals surface area contributed by atoms with E-state index in [0.717, 1.165) is 12.8 Å². The molecule has 1 saturated carbocycles. The van der Waals surface area contributed by atoms with Gasteiger partial charge in [-0.05, 0) is 30.9 Å². The number of rotatable bonds is 7. The Labute approximate surface area is 107 Å². The number of methoxy groups -OCH3 is 1. The third-order valence-corrected chi connectivity index (χ3v) is 3.24. The molecule has 1 atom stereocenters. The van der Waals surface area contributed by atoms with Crippen molar-refractivity contribution >= 4 is 5.91 Å². The lowest BCUT2D eigenvalue weighted by Gasteiger charge is -2.12. The smallest absolute Gasteiger partial charge is 0.267 e. The summed E-state index contributed by atoms with van der Waals surface area (Å²) in [6.07, 6.45) is 3.59. The average molecular weight is 252 g/mol. The first-order valence-corrected chi connectivity index (χ1v) is 6.32. The molecule has 0 saturated heterocycles. The minimum atomic E-state index is -0.406. The van der Waals surface area contributed by atoms with Crippen LogP contribution in [0.5, 0.6) is 0 Å². The number of nitrogens with zero attached hydrogens (tertiary/aromatic N) is 1. The topological polar surface area (TPSA) is 63.5 Å². The molecule has 1 heterocycles. The van der Waals surface area contributed by atoms with Gasteiger partial charge in [0, 0.05) is 26.4 Å². The third kappa shape index (κ3) is 3.34. The highest BCUT2D eigenvalue weighted by Gasteiger charge is 2.29. The van der Waals surface area contributed by atoms with Gasteiger partial charge in [0.15, 0.2) is 0 Å². The summed E-state index contributed by atoms with van der Waals surface area (Å²) in [7, 11) is 1.63. The summed E-state index contributed by atoms with van der Waals surface area (Å²) >= 11 is 0. The van der Waals surface area contributed by atoms with Gasteiger partial charge >= 0.3 is 0 Å². The molecular weight excluding hydrogens is 232 g/mol. The maximum absolute atomic E-state index is 12.0. The molecule has 18 heavy (non-hydrogen) atoms. The van der Waals surface area contributed by atoms with Gasteiger partial charge in [-0.1, -0.05) is 0 Å². The number of ether oxygens (including phenoxy) is 1. The summed E-state index contributed by atoms with van der Waals surface area (Å²) < 4.78 is 6.84. The molecule has 1 fully saturated rings. The van der Waals surface area contributed by atoms with Crippen LogP contribution in [-0.2, 0) is 11.3 Å². The molecule has 100 valence electrons. The van der Waals surface area contributed by atoms with Crippen LogP contribution in [-0.4, -0.2) is 41.9 Å². The number of aromatic nitrogens is 1. The zero-order valence-electron chi connectivity index (χ0n) is 10.6. The van der Waals surface area contributed by atoms with Crippen LogP contribution >= 0.6 is 0 Å². The summed E-state index contributed by atoms with van der Waals surface area (Å²) in [6.45, 7) is 1.55. The number of hydrogen-bond acceptors (Lipinski definition) is 3. The Morgan fingerprint density at radius 3 is 3.11 bits per heavy atom. The summed E-state index contributed by atoms with van der Waals surface area (Å²) in [5, 5.41) is 12.5. The van der Waals surface area contributed by atoms with Crippen LogP contribution in [0.25, 0.3) is 0 Å². The van der Waals surface area contributed by atoms with Crippen LogP contribution in [0, 0.1) is 5.92 Å². The summed E-state index contributed by atoms with van der Waals surface area (Å²) in [5.74, 6) is 0.237. The average Bonchev–Trinajstić information content (AvgIpc) is 3.12. The van der Waals surface area contributed by atoms with Gasteiger partial charge < -0.3 is 19.7 Å². The Kier molecular flexibility index (Phi) is 4.38. The number of aliphatic hydroxyl groups is 1. The van der Waals surface area contributed by atoms with Crippen LogP contribution in [0.15, 0.2) is 18.3 Å². The molecule has 0 radical (unpaired) electrons. The van der Waals surface area contributed by atoms with Gasteiger partial charge in [0.05, 0.1) is 12.7 Å². The zero-order chi connectivity index (χ0) is 13.0. The van der Waals surface area contributed by atoms with Crippen molar-refractivity contribution in [2.24, 2.45) is 5.92 Å². The lowest BCUT2D eigenvalue weighted by atomic mass is 10.2. The van der Waals surface area contributed by atoms with E-state index >= 15 is 0 Å². The second kappa shape index (κ2) is 6.02. The SMILES string of the molecule is COCCn1cccc1C(=O)NCC(O)C1CC1. The largest absolute Gasteiger partial charge is 0.391 e. The third-order valence-electron chi connectivity index (χ3n) is 3.24. The van der Waals surface area contributed by atoms with Crippen LogP contribution in [0.2, 0.25) is 0 Å². The normalized spacial score (nSPS) is 16.6. The van der Waals surface area contributed by atoms with Crippen LogP contribution in [0.3, 0.4) is 0 Å². The molecular formula is C13H20N2O3. The molecule has 0 spiro atoms. The fourth-order valence-corrected chi connectivity index (χ4v) is 1.94. The molecule has 0 aliphatic heterocycles. The fourth-order valence-electron chi connectivity index (χ4n) is 1.94. The lowest BCUT2D eigenvalue weighted by Crippen LogP contribution is -2.34. The molecule has 1 aliphatic carbocycles. The lowest BCUT2D eigenvalue weighted by molar-refractivity contribution is 0.0889. The Morgan fingerprint density at radius 1 is 1.67 bits per heavy atom. The molecule has 5 heteroatoms. The number of carbonyl (C=O) groups excluding carboxylic acids is 1. The quantitative estimate of drug-likeness (QED) is 0.748. The first kappa shape index (κ1) is 13.1. The predicted molar refractivity (Wildman–Crippen MR) is 67.4 cm³/mol. The molecule has 0 bridgehead atoms. The molecule has 1 aromatic heterocycles. The molecule has 2 N–H and O–H groups in total. The van der Waals surface area contributed by atoms with Crippen LogP contribution in [0.1, 0.15) is 23.3 Å². The standard InChI is InChI=1S/C13H20N2O3/c1-18-8-7-15-6-2-3-11(15)13(17)14-9-12(16)10-4-5-10/h2-3,6,10,12,16H,4-5,7-9H2,1H3,(H,14,17). The maximum Gasteiger partial charge on any atom is 0.267 e. The number of carbonyl (C=O) groups is 1. The van der Waals surface area contributed by atoms with Gasteiger partial charge in [-0.3, -0.25) is 4.79 Å². The van der Waals surface area contributed by atoms with Gasteiger partial charge in [-0.2, -0.15) is 0 Å². The van der Waals surface area contributed by atoms with Gasteiger partial charge in [0.2, 0.25) is 0 Å². The van der Waals surface area contributed by atoms with E-state index in [4.69, 9.17) is 4.74 Å². The highest BCUT2D eigenvalue weighted by molar-refractivity contribution is 5.92. The van der Waals surface area contributed by atoms with E-state index in [1.54, 1.807) is 13.2 Å². The van der Waals surface area contributed by atoms with Crippen molar-refractivity contribution in [3.8, 4) is 0 Å². The molecule has 1 aliphatic rings. The molecule has 1 unspecified atom stereocenters. The summed E-state index contributed by atoms with van der Waals surface area (Å²) in [6, 6.07) is 3.61.